The van der Waals surface area contributed by atoms with E-state index in [0.29, 0.717) is 26.1 Å². The molecule has 2 atom stereocenters. The summed E-state index contributed by atoms with van der Waals surface area (Å²) in [5.74, 6) is 0.172. The molecule has 1 aromatic heterocycles. The number of carbonyl (C=O) groups is 1. The third-order valence-corrected chi connectivity index (χ3v) is 5.22. The molecule has 1 amide bonds. The molecule has 2 fully saturated rings. The van der Waals surface area contributed by atoms with Gasteiger partial charge in [-0.1, -0.05) is 6.42 Å². The van der Waals surface area contributed by atoms with Crippen LogP contribution in [0.15, 0.2) is 12.4 Å². The van der Waals surface area contributed by atoms with Crippen molar-refractivity contribution in [2.24, 2.45) is 12.8 Å². The Balaban J connectivity index is 1.77. The number of aromatic nitrogens is 2. The van der Waals surface area contributed by atoms with E-state index in [1.807, 2.05) is 24.3 Å². The Morgan fingerprint density at radius 3 is 2.80 bits per heavy atom. The number of rotatable bonds is 6. The van der Waals surface area contributed by atoms with Gasteiger partial charge in [-0.2, -0.15) is 5.10 Å². The fourth-order valence-corrected chi connectivity index (χ4v) is 3.95. The molecule has 7 heteroatoms. The summed E-state index contributed by atoms with van der Waals surface area (Å²) in [6.07, 6.45) is 8.93. The maximum absolute atomic E-state index is 12.8. The van der Waals surface area contributed by atoms with Crippen LogP contribution in [0.2, 0.25) is 0 Å². The van der Waals surface area contributed by atoms with Crippen LogP contribution in [0.5, 0.6) is 0 Å². The molecule has 7 nitrogen and oxygen atoms in total. The minimum absolute atomic E-state index is 0.00197. The summed E-state index contributed by atoms with van der Waals surface area (Å²) >= 11 is 0. The molecule has 0 spiro atoms. The molecule has 2 N–H and O–H groups in total. The van der Waals surface area contributed by atoms with Crippen LogP contribution < -0.4 is 5.73 Å². The summed E-state index contributed by atoms with van der Waals surface area (Å²) in [4.78, 5) is 17.2. The topological polar surface area (TPSA) is 76.6 Å². The molecule has 1 aromatic rings. The van der Waals surface area contributed by atoms with Crippen LogP contribution >= 0.6 is 0 Å². The average Bonchev–Trinajstić information content (AvgIpc) is 3.06. The second kappa shape index (κ2) is 8.78. The van der Waals surface area contributed by atoms with Crippen molar-refractivity contribution >= 4 is 5.91 Å². The van der Waals surface area contributed by atoms with Crippen molar-refractivity contribution in [1.29, 1.82) is 0 Å². The van der Waals surface area contributed by atoms with Gasteiger partial charge in [0.2, 0.25) is 5.91 Å². The molecule has 3 heterocycles. The van der Waals surface area contributed by atoms with Crippen LogP contribution in [-0.2, 0) is 16.6 Å². The van der Waals surface area contributed by atoms with Gasteiger partial charge in [-0.3, -0.25) is 9.48 Å². The van der Waals surface area contributed by atoms with E-state index in [-0.39, 0.29) is 18.1 Å². The summed E-state index contributed by atoms with van der Waals surface area (Å²) in [5.41, 5.74) is 6.65. The summed E-state index contributed by atoms with van der Waals surface area (Å²) < 4.78 is 7.94. The monoisotopic (exact) mass is 349 g/mol. The van der Waals surface area contributed by atoms with E-state index < -0.39 is 0 Å². The van der Waals surface area contributed by atoms with Gasteiger partial charge >= 0.3 is 0 Å². The van der Waals surface area contributed by atoms with Crippen molar-refractivity contribution in [2.45, 2.75) is 44.2 Å². The first-order valence-electron chi connectivity index (χ1n) is 9.51. The molecule has 0 unspecified atom stereocenters. The number of piperidine rings is 1. The zero-order valence-corrected chi connectivity index (χ0v) is 15.3. The highest BCUT2D eigenvalue weighted by molar-refractivity contribution is 5.77. The highest BCUT2D eigenvalue weighted by Crippen LogP contribution is 2.31. The molecule has 140 valence electrons. The fourth-order valence-electron chi connectivity index (χ4n) is 3.95. The number of likely N-dealkylation sites (tertiary alicyclic amines) is 1. The van der Waals surface area contributed by atoms with Crippen molar-refractivity contribution in [3.8, 4) is 0 Å². The van der Waals surface area contributed by atoms with Gasteiger partial charge in [-0.05, 0) is 38.9 Å². The molecule has 2 aliphatic heterocycles. The van der Waals surface area contributed by atoms with Gasteiger partial charge in [-0.25, -0.2) is 0 Å². The molecule has 0 aromatic carbocycles. The SMILES string of the molecule is Cn1cc([C@H]2[C@H](CN3CCCCC3)OCCN2C(=O)CCCN)cn1. The maximum Gasteiger partial charge on any atom is 0.223 e. The van der Waals surface area contributed by atoms with Gasteiger partial charge in [-0.15, -0.1) is 0 Å². The van der Waals surface area contributed by atoms with E-state index in [1.165, 1.54) is 19.3 Å². The van der Waals surface area contributed by atoms with Crippen molar-refractivity contribution in [3.63, 3.8) is 0 Å². The zero-order chi connectivity index (χ0) is 17.6. The highest BCUT2D eigenvalue weighted by atomic mass is 16.5. The molecule has 2 aliphatic rings. The Kier molecular flexibility index (Phi) is 6.45. The Hall–Kier alpha value is -1.44. The first-order chi connectivity index (χ1) is 12.2. The lowest BCUT2D eigenvalue weighted by Crippen LogP contribution is -2.52. The molecule has 0 bridgehead atoms. The van der Waals surface area contributed by atoms with E-state index >= 15 is 0 Å². The van der Waals surface area contributed by atoms with Gasteiger partial charge < -0.3 is 20.3 Å². The molecule has 0 saturated carbocycles. The van der Waals surface area contributed by atoms with Crippen LogP contribution in [0.3, 0.4) is 0 Å². The molecule has 3 rings (SSSR count). The third kappa shape index (κ3) is 4.59. The normalized spacial score (nSPS) is 25.3. The number of carbonyl (C=O) groups excluding carboxylic acids is 1. The Morgan fingerprint density at radius 1 is 1.32 bits per heavy atom. The number of ether oxygens (including phenoxy) is 1. The number of hydrogen-bond acceptors (Lipinski definition) is 5. The van der Waals surface area contributed by atoms with Crippen molar-refractivity contribution in [2.75, 3.05) is 39.3 Å². The smallest absolute Gasteiger partial charge is 0.223 e. The van der Waals surface area contributed by atoms with E-state index in [2.05, 4.69) is 10.00 Å². The van der Waals surface area contributed by atoms with Gasteiger partial charge in [0.15, 0.2) is 0 Å². The van der Waals surface area contributed by atoms with Gasteiger partial charge in [0.1, 0.15) is 0 Å². The Bertz CT molecular complexity index is 555. The number of amides is 1. The number of nitrogens with zero attached hydrogens (tertiary/aromatic N) is 4. The van der Waals surface area contributed by atoms with Gasteiger partial charge in [0.25, 0.3) is 0 Å². The third-order valence-electron chi connectivity index (χ3n) is 5.22. The van der Waals surface area contributed by atoms with Crippen LogP contribution in [-0.4, -0.2) is 70.9 Å². The Morgan fingerprint density at radius 2 is 2.12 bits per heavy atom. The average molecular weight is 349 g/mol. The minimum atomic E-state index is -0.0605. The molecule has 2 saturated heterocycles. The Labute approximate surface area is 150 Å². The zero-order valence-electron chi connectivity index (χ0n) is 15.3. The lowest BCUT2D eigenvalue weighted by atomic mass is 9.98. The highest BCUT2D eigenvalue weighted by Gasteiger charge is 2.37. The lowest BCUT2D eigenvalue weighted by molar-refractivity contribution is -0.148. The van der Waals surface area contributed by atoms with Crippen LogP contribution in [0.4, 0.5) is 0 Å². The number of morpholine rings is 1. The quantitative estimate of drug-likeness (QED) is 0.826. The molecular weight excluding hydrogens is 318 g/mol. The number of nitrogens with two attached hydrogens (primary N) is 1. The standard InChI is InChI=1S/C18H31N5O2/c1-21-13-15(12-20-21)18-16(14-22-8-3-2-4-9-22)25-11-10-23(18)17(24)6-5-7-19/h12-13,16,18H,2-11,14,19H2,1H3/t16-,18-/m0/s1. The molecule has 0 aliphatic carbocycles. The van der Waals surface area contributed by atoms with E-state index in [4.69, 9.17) is 10.5 Å². The largest absolute Gasteiger partial charge is 0.373 e. The van der Waals surface area contributed by atoms with Gasteiger partial charge in [0, 0.05) is 38.3 Å². The summed E-state index contributed by atoms with van der Waals surface area (Å²) in [7, 11) is 1.91. The summed E-state index contributed by atoms with van der Waals surface area (Å²) in [5, 5.41) is 4.32. The summed E-state index contributed by atoms with van der Waals surface area (Å²) in [6, 6.07) is -0.0605. The van der Waals surface area contributed by atoms with E-state index in [0.717, 1.165) is 31.6 Å². The van der Waals surface area contributed by atoms with Crippen LogP contribution in [0.1, 0.15) is 43.7 Å². The maximum atomic E-state index is 12.8. The van der Waals surface area contributed by atoms with E-state index in [1.54, 1.807) is 4.68 Å². The predicted molar refractivity (Wildman–Crippen MR) is 96.0 cm³/mol. The van der Waals surface area contributed by atoms with E-state index in [9.17, 15) is 4.79 Å². The minimum Gasteiger partial charge on any atom is -0.373 e. The van der Waals surface area contributed by atoms with Crippen LogP contribution in [0, 0.1) is 0 Å². The van der Waals surface area contributed by atoms with Crippen LogP contribution in [0.25, 0.3) is 0 Å². The first-order valence-corrected chi connectivity index (χ1v) is 9.51. The first kappa shape index (κ1) is 18.4. The fraction of sp³-hybridized carbons (Fsp3) is 0.778. The van der Waals surface area contributed by atoms with Crippen molar-refractivity contribution in [1.82, 2.24) is 19.6 Å². The number of aryl methyl sites for hydroxylation is 1. The molecule has 0 radical (unpaired) electrons. The second-order valence-electron chi connectivity index (χ2n) is 7.14. The lowest BCUT2D eigenvalue weighted by Gasteiger charge is -2.43. The van der Waals surface area contributed by atoms with Gasteiger partial charge in [0.05, 0.1) is 24.9 Å². The second-order valence-corrected chi connectivity index (χ2v) is 7.14. The predicted octanol–water partition coefficient (Wildman–Crippen LogP) is 0.913. The van der Waals surface area contributed by atoms with Crippen molar-refractivity contribution in [3.05, 3.63) is 18.0 Å². The molecular formula is C18H31N5O2. The summed E-state index contributed by atoms with van der Waals surface area (Å²) in [6.45, 7) is 4.91. The number of hydrogen-bond donors (Lipinski definition) is 1. The molecule has 25 heavy (non-hydrogen) atoms. The van der Waals surface area contributed by atoms with Crippen molar-refractivity contribution < 1.29 is 9.53 Å².